The SMILES string of the molecule is COC(=O)C=Cc1ccc(N2CCN(C(=O)OC(C)(C)C)C(I)C2)nc1. The number of alkyl halides is 1. The van der Waals surface area contributed by atoms with Gasteiger partial charge in [0.25, 0.3) is 0 Å². The lowest BCUT2D eigenvalue weighted by atomic mass is 10.2. The Bertz CT molecular complexity index is 670. The van der Waals surface area contributed by atoms with E-state index >= 15 is 0 Å². The number of nitrogens with zero attached hydrogens (tertiary/aromatic N) is 3. The van der Waals surface area contributed by atoms with E-state index < -0.39 is 11.6 Å². The molecule has 1 atom stereocenters. The highest BCUT2D eigenvalue weighted by atomic mass is 127. The quantitative estimate of drug-likeness (QED) is 0.221. The molecular formula is C18H24IN3O4. The zero-order chi connectivity index (χ0) is 19.3. The van der Waals surface area contributed by atoms with E-state index in [9.17, 15) is 9.59 Å². The molecule has 1 aromatic rings. The summed E-state index contributed by atoms with van der Waals surface area (Å²) >= 11 is 2.25. The van der Waals surface area contributed by atoms with Crippen molar-refractivity contribution in [3.63, 3.8) is 0 Å². The highest BCUT2D eigenvalue weighted by Crippen LogP contribution is 2.23. The number of ether oxygens (including phenoxy) is 2. The van der Waals surface area contributed by atoms with Gasteiger partial charge in [-0.15, -0.1) is 0 Å². The van der Waals surface area contributed by atoms with E-state index in [-0.39, 0.29) is 10.1 Å². The summed E-state index contributed by atoms with van der Waals surface area (Å²) in [5, 5.41) is 0. The maximum atomic E-state index is 12.3. The number of rotatable bonds is 3. The van der Waals surface area contributed by atoms with Gasteiger partial charge in [0.2, 0.25) is 0 Å². The van der Waals surface area contributed by atoms with Crippen molar-refractivity contribution in [2.24, 2.45) is 0 Å². The summed E-state index contributed by atoms with van der Waals surface area (Å²) in [5.74, 6) is 0.436. The van der Waals surface area contributed by atoms with Crippen LogP contribution in [0.3, 0.4) is 0 Å². The number of carbonyl (C=O) groups is 2. The van der Waals surface area contributed by atoms with Crippen LogP contribution < -0.4 is 4.90 Å². The summed E-state index contributed by atoms with van der Waals surface area (Å²) < 4.78 is 10.0. The molecule has 0 saturated carbocycles. The molecule has 2 rings (SSSR count). The highest BCUT2D eigenvalue weighted by molar-refractivity contribution is 14.1. The van der Waals surface area contributed by atoms with Crippen molar-refractivity contribution >= 4 is 46.5 Å². The minimum Gasteiger partial charge on any atom is -0.466 e. The van der Waals surface area contributed by atoms with Gasteiger partial charge in [-0.25, -0.2) is 14.6 Å². The summed E-state index contributed by atoms with van der Waals surface area (Å²) in [6.07, 6.45) is 4.44. The lowest BCUT2D eigenvalue weighted by Crippen LogP contribution is -2.54. The molecule has 142 valence electrons. The van der Waals surface area contributed by atoms with Gasteiger partial charge in [-0.1, -0.05) is 22.6 Å². The second-order valence-electron chi connectivity index (χ2n) is 6.86. The number of hydrogen-bond donors (Lipinski definition) is 0. The van der Waals surface area contributed by atoms with Crippen molar-refractivity contribution in [1.82, 2.24) is 9.88 Å². The molecule has 26 heavy (non-hydrogen) atoms. The van der Waals surface area contributed by atoms with Gasteiger partial charge in [-0.3, -0.25) is 4.90 Å². The average Bonchev–Trinajstić information content (AvgIpc) is 2.58. The van der Waals surface area contributed by atoms with Crippen LogP contribution in [0.15, 0.2) is 24.4 Å². The van der Waals surface area contributed by atoms with Crippen LogP contribution in [0.25, 0.3) is 6.08 Å². The molecule has 0 radical (unpaired) electrons. The fourth-order valence-corrected chi connectivity index (χ4v) is 3.37. The van der Waals surface area contributed by atoms with E-state index in [4.69, 9.17) is 4.74 Å². The number of pyridine rings is 1. The summed E-state index contributed by atoms with van der Waals surface area (Å²) in [5.41, 5.74) is 0.317. The second kappa shape index (κ2) is 8.70. The highest BCUT2D eigenvalue weighted by Gasteiger charge is 2.32. The molecular weight excluding hydrogens is 449 g/mol. The zero-order valence-electron chi connectivity index (χ0n) is 15.4. The van der Waals surface area contributed by atoms with E-state index in [2.05, 4.69) is 37.2 Å². The molecule has 2 heterocycles. The first-order valence-electron chi connectivity index (χ1n) is 8.30. The molecule has 7 nitrogen and oxygen atoms in total. The number of aromatic nitrogens is 1. The Kier molecular flexibility index (Phi) is 6.85. The van der Waals surface area contributed by atoms with Crippen LogP contribution in [-0.2, 0) is 14.3 Å². The Labute approximate surface area is 167 Å². The number of carbonyl (C=O) groups excluding carboxylic acids is 2. The second-order valence-corrected chi connectivity index (χ2v) is 8.30. The van der Waals surface area contributed by atoms with Crippen LogP contribution in [0.4, 0.5) is 10.6 Å². The van der Waals surface area contributed by atoms with Gasteiger partial charge in [0.05, 0.1) is 7.11 Å². The minimum atomic E-state index is -0.500. The molecule has 1 aliphatic heterocycles. The number of amides is 1. The Balaban J connectivity index is 1.97. The molecule has 0 N–H and O–H groups in total. The predicted molar refractivity (Wildman–Crippen MR) is 108 cm³/mol. The monoisotopic (exact) mass is 473 g/mol. The predicted octanol–water partition coefficient (Wildman–Crippen LogP) is 3.09. The molecule has 1 saturated heterocycles. The summed E-state index contributed by atoms with van der Waals surface area (Å²) in [6, 6.07) is 3.80. The first-order chi connectivity index (χ1) is 12.2. The number of esters is 1. The summed E-state index contributed by atoms with van der Waals surface area (Å²) in [6.45, 7) is 7.53. The largest absolute Gasteiger partial charge is 0.466 e. The summed E-state index contributed by atoms with van der Waals surface area (Å²) in [7, 11) is 1.34. The molecule has 1 amide bonds. The minimum absolute atomic E-state index is 0.00287. The lowest BCUT2D eigenvalue weighted by Gasteiger charge is -2.39. The third-order valence-electron chi connectivity index (χ3n) is 3.66. The van der Waals surface area contributed by atoms with Crippen LogP contribution in [-0.4, -0.2) is 58.3 Å². The molecule has 1 aromatic heterocycles. The van der Waals surface area contributed by atoms with E-state index in [0.29, 0.717) is 19.6 Å². The first kappa shape index (κ1) is 20.5. The van der Waals surface area contributed by atoms with E-state index in [0.717, 1.165) is 11.4 Å². The number of piperazine rings is 1. The van der Waals surface area contributed by atoms with Gasteiger partial charge in [-0.05, 0) is 44.5 Å². The van der Waals surface area contributed by atoms with Gasteiger partial charge in [0.15, 0.2) is 0 Å². The van der Waals surface area contributed by atoms with E-state index in [1.165, 1.54) is 13.2 Å². The Morgan fingerprint density at radius 1 is 1.31 bits per heavy atom. The number of anilines is 1. The number of halogens is 1. The third kappa shape index (κ3) is 5.86. The molecule has 0 aromatic carbocycles. The van der Waals surface area contributed by atoms with Crippen LogP contribution in [0.2, 0.25) is 0 Å². The van der Waals surface area contributed by atoms with Crippen molar-refractivity contribution in [3.05, 3.63) is 30.0 Å². The van der Waals surface area contributed by atoms with Gasteiger partial charge in [0.1, 0.15) is 15.5 Å². The van der Waals surface area contributed by atoms with Gasteiger partial charge < -0.3 is 14.4 Å². The topological polar surface area (TPSA) is 72.0 Å². The zero-order valence-corrected chi connectivity index (χ0v) is 17.6. The van der Waals surface area contributed by atoms with Crippen LogP contribution in [0, 0.1) is 0 Å². The molecule has 1 fully saturated rings. The van der Waals surface area contributed by atoms with Gasteiger partial charge in [0, 0.05) is 31.9 Å². The van der Waals surface area contributed by atoms with Gasteiger partial charge in [-0.2, -0.15) is 0 Å². The van der Waals surface area contributed by atoms with Crippen LogP contribution >= 0.6 is 22.6 Å². The normalized spacial score (nSPS) is 18.1. The Morgan fingerprint density at radius 2 is 2.04 bits per heavy atom. The molecule has 1 aliphatic rings. The van der Waals surface area contributed by atoms with E-state index in [1.807, 2.05) is 32.9 Å². The van der Waals surface area contributed by atoms with Crippen LogP contribution in [0.5, 0.6) is 0 Å². The Morgan fingerprint density at radius 3 is 2.58 bits per heavy atom. The smallest absolute Gasteiger partial charge is 0.411 e. The third-order valence-corrected chi connectivity index (χ3v) is 4.72. The van der Waals surface area contributed by atoms with Crippen LogP contribution in [0.1, 0.15) is 26.3 Å². The molecule has 0 bridgehead atoms. The van der Waals surface area contributed by atoms with Crippen molar-refractivity contribution in [1.29, 1.82) is 0 Å². The van der Waals surface area contributed by atoms with Crippen molar-refractivity contribution < 1.29 is 19.1 Å². The maximum Gasteiger partial charge on any atom is 0.411 e. The molecule has 8 heteroatoms. The Hall–Kier alpha value is -1.84. The molecule has 0 aliphatic carbocycles. The first-order valence-corrected chi connectivity index (χ1v) is 9.55. The number of hydrogen-bond acceptors (Lipinski definition) is 6. The standard InChI is InChI=1S/C18H24IN3O4/c1-18(2,3)26-17(24)22-10-9-21(12-14(22)19)15-7-5-13(11-20-15)6-8-16(23)25-4/h5-8,11,14H,9-10,12H2,1-4H3. The van der Waals surface area contributed by atoms with Crippen molar-refractivity contribution in [3.8, 4) is 0 Å². The average molecular weight is 473 g/mol. The van der Waals surface area contributed by atoms with Crippen molar-refractivity contribution in [2.45, 2.75) is 30.4 Å². The number of methoxy groups -OCH3 is 1. The lowest BCUT2D eigenvalue weighted by molar-refractivity contribution is -0.134. The molecule has 0 spiro atoms. The molecule has 1 unspecified atom stereocenters. The van der Waals surface area contributed by atoms with Crippen molar-refractivity contribution in [2.75, 3.05) is 31.6 Å². The fourth-order valence-electron chi connectivity index (χ4n) is 2.39. The van der Waals surface area contributed by atoms with E-state index in [1.54, 1.807) is 17.2 Å². The maximum absolute atomic E-state index is 12.3. The fraction of sp³-hybridized carbons (Fsp3) is 0.500. The summed E-state index contributed by atoms with van der Waals surface area (Å²) in [4.78, 5) is 31.7. The van der Waals surface area contributed by atoms with Gasteiger partial charge >= 0.3 is 12.1 Å².